The van der Waals surface area contributed by atoms with Gasteiger partial charge in [-0.2, -0.15) is 0 Å². The van der Waals surface area contributed by atoms with Crippen LogP contribution in [0.5, 0.6) is 11.5 Å². The summed E-state index contributed by atoms with van der Waals surface area (Å²) in [7, 11) is 0. The van der Waals surface area contributed by atoms with Crippen LogP contribution in [0.25, 0.3) is 21.8 Å². The van der Waals surface area contributed by atoms with Gasteiger partial charge in [0.15, 0.2) is 11.5 Å². The summed E-state index contributed by atoms with van der Waals surface area (Å²) >= 11 is 0. The van der Waals surface area contributed by atoms with E-state index in [0.29, 0.717) is 18.0 Å². The minimum absolute atomic E-state index is 0.200. The Morgan fingerprint density at radius 3 is 2.78 bits per heavy atom. The molecule has 1 aliphatic heterocycles. The SMILES string of the molecule is Cc1nc(C(=O)NC(C)C(=O)NCc2ccc3c(c2)OCO3)cc2c1[nH]c1ccccc12. The molecule has 0 saturated carbocycles. The molecule has 0 aliphatic carbocycles. The molecule has 0 fully saturated rings. The zero-order chi connectivity index (χ0) is 22.2. The summed E-state index contributed by atoms with van der Waals surface area (Å²) in [6.45, 7) is 4.01. The number of carbonyl (C=O) groups excluding carboxylic acids is 2. The molecule has 2 amide bonds. The van der Waals surface area contributed by atoms with Gasteiger partial charge in [0.25, 0.3) is 5.91 Å². The predicted molar refractivity (Wildman–Crippen MR) is 120 cm³/mol. The number of nitrogens with zero attached hydrogens (tertiary/aromatic N) is 1. The van der Waals surface area contributed by atoms with Crippen molar-refractivity contribution in [2.24, 2.45) is 0 Å². The van der Waals surface area contributed by atoms with Crippen LogP contribution in [-0.4, -0.2) is 34.6 Å². The zero-order valence-electron chi connectivity index (χ0n) is 17.7. The van der Waals surface area contributed by atoms with Gasteiger partial charge in [-0.05, 0) is 43.7 Å². The van der Waals surface area contributed by atoms with E-state index in [9.17, 15) is 9.59 Å². The average Bonchev–Trinajstić information content (AvgIpc) is 3.41. The molecule has 162 valence electrons. The van der Waals surface area contributed by atoms with Crippen molar-refractivity contribution in [3.63, 3.8) is 0 Å². The molecule has 0 bridgehead atoms. The van der Waals surface area contributed by atoms with Crippen LogP contribution in [0, 0.1) is 6.92 Å². The third kappa shape index (κ3) is 3.60. The third-order valence-electron chi connectivity index (χ3n) is 5.55. The lowest BCUT2D eigenvalue weighted by molar-refractivity contribution is -0.122. The van der Waals surface area contributed by atoms with Gasteiger partial charge in [0, 0.05) is 22.8 Å². The molecule has 3 heterocycles. The maximum atomic E-state index is 12.8. The van der Waals surface area contributed by atoms with Crippen LogP contribution in [0.15, 0.2) is 48.5 Å². The first-order valence-electron chi connectivity index (χ1n) is 10.3. The summed E-state index contributed by atoms with van der Waals surface area (Å²) in [4.78, 5) is 33.1. The topological polar surface area (TPSA) is 105 Å². The molecular weight excluding hydrogens is 408 g/mol. The van der Waals surface area contributed by atoms with Gasteiger partial charge in [0.1, 0.15) is 11.7 Å². The number of hydrogen-bond donors (Lipinski definition) is 3. The molecule has 32 heavy (non-hydrogen) atoms. The van der Waals surface area contributed by atoms with Crippen LogP contribution < -0.4 is 20.1 Å². The van der Waals surface area contributed by atoms with Gasteiger partial charge in [0.05, 0.1) is 11.2 Å². The Morgan fingerprint density at radius 2 is 1.91 bits per heavy atom. The lowest BCUT2D eigenvalue weighted by Gasteiger charge is -2.14. The van der Waals surface area contributed by atoms with Gasteiger partial charge in [-0.15, -0.1) is 0 Å². The van der Waals surface area contributed by atoms with Gasteiger partial charge in [-0.3, -0.25) is 9.59 Å². The Hall–Kier alpha value is -4.07. The van der Waals surface area contributed by atoms with E-state index in [1.807, 2.05) is 49.4 Å². The molecule has 8 nitrogen and oxygen atoms in total. The lowest BCUT2D eigenvalue weighted by atomic mass is 10.1. The number of pyridine rings is 1. The van der Waals surface area contributed by atoms with Gasteiger partial charge >= 0.3 is 0 Å². The molecule has 5 rings (SSSR count). The monoisotopic (exact) mass is 430 g/mol. The van der Waals surface area contributed by atoms with Crippen molar-refractivity contribution in [3.8, 4) is 11.5 Å². The largest absolute Gasteiger partial charge is 0.454 e. The molecule has 3 N–H and O–H groups in total. The molecule has 2 aromatic heterocycles. The number of carbonyl (C=O) groups is 2. The second-order valence-corrected chi connectivity index (χ2v) is 7.79. The van der Waals surface area contributed by atoms with E-state index in [1.54, 1.807) is 13.0 Å². The molecule has 1 aliphatic rings. The van der Waals surface area contributed by atoms with E-state index in [4.69, 9.17) is 9.47 Å². The molecule has 0 saturated heterocycles. The molecule has 0 spiro atoms. The fraction of sp³-hybridized carbons (Fsp3) is 0.208. The summed E-state index contributed by atoms with van der Waals surface area (Å²) in [5.74, 6) is 0.662. The number of fused-ring (bicyclic) bond motifs is 4. The summed E-state index contributed by atoms with van der Waals surface area (Å²) in [6.07, 6.45) is 0. The first-order valence-corrected chi connectivity index (χ1v) is 10.3. The minimum Gasteiger partial charge on any atom is -0.454 e. The number of benzene rings is 2. The number of ether oxygens (including phenoxy) is 2. The number of hydrogen-bond acceptors (Lipinski definition) is 5. The highest BCUT2D eigenvalue weighted by Crippen LogP contribution is 2.32. The van der Waals surface area contributed by atoms with Crippen molar-refractivity contribution in [2.45, 2.75) is 26.4 Å². The molecule has 8 heteroatoms. The van der Waals surface area contributed by atoms with Crippen LogP contribution >= 0.6 is 0 Å². The van der Waals surface area contributed by atoms with E-state index in [1.165, 1.54) is 0 Å². The number of amides is 2. The summed E-state index contributed by atoms with van der Waals surface area (Å²) in [6, 6.07) is 14.4. The molecular formula is C24H22N4O4. The van der Waals surface area contributed by atoms with Gasteiger partial charge < -0.3 is 25.1 Å². The van der Waals surface area contributed by atoms with Crippen molar-refractivity contribution in [1.29, 1.82) is 0 Å². The number of H-pyrrole nitrogens is 1. The summed E-state index contributed by atoms with van der Waals surface area (Å²) < 4.78 is 10.6. The van der Waals surface area contributed by atoms with Crippen molar-refractivity contribution in [1.82, 2.24) is 20.6 Å². The highest BCUT2D eigenvalue weighted by molar-refractivity contribution is 6.10. The third-order valence-corrected chi connectivity index (χ3v) is 5.55. The van der Waals surface area contributed by atoms with Crippen molar-refractivity contribution < 1.29 is 19.1 Å². The van der Waals surface area contributed by atoms with Crippen LogP contribution in [0.2, 0.25) is 0 Å². The fourth-order valence-electron chi connectivity index (χ4n) is 3.85. The highest BCUT2D eigenvalue weighted by Gasteiger charge is 2.20. The van der Waals surface area contributed by atoms with Gasteiger partial charge in [-0.1, -0.05) is 24.3 Å². The number of aromatic nitrogens is 2. The van der Waals surface area contributed by atoms with Gasteiger partial charge in [0.2, 0.25) is 12.7 Å². The normalized spacial score (nSPS) is 13.3. The molecule has 4 aromatic rings. The van der Waals surface area contributed by atoms with Gasteiger partial charge in [-0.25, -0.2) is 4.98 Å². The van der Waals surface area contributed by atoms with E-state index >= 15 is 0 Å². The van der Waals surface area contributed by atoms with E-state index in [2.05, 4.69) is 20.6 Å². The molecule has 2 aromatic carbocycles. The summed E-state index contributed by atoms with van der Waals surface area (Å²) in [5, 5.41) is 7.52. The van der Waals surface area contributed by atoms with Crippen molar-refractivity contribution in [2.75, 3.05) is 6.79 Å². The van der Waals surface area contributed by atoms with Crippen molar-refractivity contribution in [3.05, 3.63) is 65.5 Å². The molecule has 1 atom stereocenters. The first-order chi connectivity index (χ1) is 15.5. The Labute approximate surface area is 183 Å². The highest BCUT2D eigenvalue weighted by atomic mass is 16.7. The molecule has 1 unspecified atom stereocenters. The van der Waals surface area contributed by atoms with Crippen LogP contribution in [-0.2, 0) is 11.3 Å². The van der Waals surface area contributed by atoms with Crippen LogP contribution in [0.4, 0.5) is 0 Å². The zero-order valence-corrected chi connectivity index (χ0v) is 17.7. The Kier molecular flexibility index (Phi) is 4.89. The maximum Gasteiger partial charge on any atom is 0.270 e. The number of rotatable bonds is 5. The number of aromatic amines is 1. The van der Waals surface area contributed by atoms with E-state index in [-0.39, 0.29) is 18.4 Å². The second kappa shape index (κ2) is 7.88. The Balaban J connectivity index is 1.27. The van der Waals surface area contributed by atoms with Crippen molar-refractivity contribution >= 4 is 33.6 Å². The van der Waals surface area contributed by atoms with E-state index in [0.717, 1.165) is 33.1 Å². The number of aryl methyl sites for hydroxylation is 1. The van der Waals surface area contributed by atoms with Crippen LogP contribution in [0.1, 0.15) is 28.7 Å². The maximum absolute atomic E-state index is 12.8. The minimum atomic E-state index is -0.725. The van der Waals surface area contributed by atoms with Crippen LogP contribution in [0.3, 0.4) is 0 Å². The standard InChI is InChI=1S/C24H22N4O4/c1-13-22-17(16-5-3-4-6-18(16)28-22)10-19(26-13)24(30)27-14(2)23(29)25-11-15-7-8-20-21(9-15)32-12-31-20/h3-10,14,28H,11-12H2,1-2H3,(H,25,29)(H,27,30). The lowest BCUT2D eigenvalue weighted by Crippen LogP contribution is -2.44. The Morgan fingerprint density at radius 1 is 1.09 bits per heavy atom. The second-order valence-electron chi connectivity index (χ2n) is 7.79. The first kappa shape index (κ1) is 19.9. The average molecular weight is 430 g/mol. The Bertz CT molecular complexity index is 1360. The fourth-order valence-corrected chi connectivity index (χ4v) is 3.85. The number of para-hydroxylation sites is 1. The summed E-state index contributed by atoms with van der Waals surface area (Å²) in [5.41, 5.74) is 3.76. The smallest absolute Gasteiger partial charge is 0.270 e. The number of nitrogens with one attached hydrogen (secondary N) is 3. The predicted octanol–water partition coefficient (Wildman–Crippen LogP) is 3.19. The van der Waals surface area contributed by atoms with E-state index < -0.39 is 11.9 Å². The molecule has 0 radical (unpaired) electrons. The quantitative estimate of drug-likeness (QED) is 0.451.